The molecule has 0 spiro atoms. The zero-order chi connectivity index (χ0) is 15.8. The van der Waals surface area contributed by atoms with Crippen molar-refractivity contribution in [3.63, 3.8) is 0 Å². The molecule has 1 aromatic carbocycles. The van der Waals surface area contributed by atoms with Crippen molar-refractivity contribution in [3.8, 4) is 0 Å². The minimum absolute atomic E-state index is 0.104. The summed E-state index contributed by atoms with van der Waals surface area (Å²) in [6.45, 7) is 0.104. The number of benzene rings is 1. The first-order chi connectivity index (χ1) is 10.6. The van der Waals surface area contributed by atoms with Crippen molar-refractivity contribution in [1.29, 1.82) is 0 Å². The number of carbonyl (C=O) groups is 1. The smallest absolute Gasteiger partial charge is 0.230 e. The van der Waals surface area contributed by atoms with Gasteiger partial charge in [-0.2, -0.15) is 0 Å². The fourth-order valence-corrected chi connectivity index (χ4v) is 3.60. The molecule has 5 nitrogen and oxygen atoms in total. The highest BCUT2D eigenvalue weighted by atomic mass is 32.2. The molecule has 0 bridgehead atoms. The number of sulfone groups is 1. The van der Waals surface area contributed by atoms with Crippen LogP contribution in [0.3, 0.4) is 0 Å². The van der Waals surface area contributed by atoms with Crippen LogP contribution in [0.5, 0.6) is 0 Å². The highest BCUT2D eigenvalue weighted by Gasteiger charge is 2.13. The standard InChI is InChI=1S/C15H16N2O3S2/c18-15(12-21-13-6-8-16-9-7-13)17-10-11-22(19,20)14-4-2-1-3-5-14/h1-9H,10-12H2,(H,17,18). The fourth-order valence-electron chi connectivity index (χ4n) is 1.70. The number of rotatable bonds is 7. The molecule has 0 fully saturated rings. The number of thioether (sulfide) groups is 1. The molecule has 0 atom stereocenters. The molecule has 0 saturated heterocycles. The second-order valence-corrected chi connectivity index (χ2v) is 7.61. The number of carbonyl (C=O) groups excluding carboxylic acids is 1. The topological polar surface area (TPSA) is 76.1 Å². The number of hydrogen-bond donors (Lipinski definition) is 1. The molecule has 1 N–H and O–H groups in total. The lowest BCUT2D eigenvalue weighted by Crippen LogP contribution is -2.30. The zero-order valence-electron chi connectivity index (χ0n) is 11.8. The van der Waals surface area contributed by atoms with E-state index in [1.54, 1.807) is 42.7 Å². The van der Waals surface area contributed by atoms with Gasteiger partial charge in [0, 0.05) is 23.8 Å². The predicted octanol–water partition coefficient (Wildman–Crippen LogP) is 1.76. The molecule has 7 heteroatoms. The minimum Gasteiger partial charge on any atom is -0.354 e. The normalized spacial score (nSPS) is 11.1. The van der Waals surface area contributed by atoms with E-state index in [2.05, 4.69) is 10.3 Å². The molecule has 0 aliphatic rings. The quantitative estimate of drug-likeness (QED) is 0.780. The Morgan fingerprint density at radius 1 is 1.09 bits per heavy atom. The number of amides is 1. The highest BCUT2D eigenvalue weighted by molar-refractivity contribution is 8.00. The van der Waals surface area contributed by atoms with Crippen molar-refractivity contribution in [3.05, 3.63) is 54.9 Å². The molecule has 0 aliphatic heterocycles. The zero-order valence-corrected chi connectivity index (χ0v) is 13.4. The number of nitrogens with one attached hydrogen (secondary N) is 1. The largest absolute Gasteiger partial charge is 0.354 e. The van der Waals surface area contributed by atoms with Crippen LogP contribution in [0.15, 0.2) is 64.6 Å². The average Bonchev–Trinajstić information content (AvgIpc) is 2.54. The highest BCUT2D eigenvalue weighted by Crippen LogP contribution is 2.15. The van der Waals surface area contributed by atoms with E-state index in [0.717, 1.165) is 4.90 Å². The Hall–Kier alpha value is -1.86. The molecule has 1 amide bonds. The van der Waals surface area contributed by atoms with E-state index >= 15 is 0 Å². The van der Waals surface area contributed by atoms with Crippen molar-refractivity contribution >= 4 is 27.5 Å². The molecule has 0 radical (unpaired) electrons. The Bertz CT molecular complexity index is 704. The summed E-state index contributed by atoms with van der Waals surface area (Å²) >= 11 is 1.38. The van der Waals surface area contributed by atoms with E-state index in [-0.39, 0.29) is 28.9 Å². The van der Waals surface area contributed by atoms with Gasteiger partial charge in [0.05, 0.1) is 16.4 Å². The van der Waals surface area contributed by atoms with Gasteiger partial charge in [-0.3, -0.25) is 9.78 Å². The van der Waals surface area contributed by atoms with E-state index in [4.69, 9.17) is 0 Å². The molecular formula is C15H16N2O3S2. The first-order valence-electron chi connectivity index (χ1n) is 6.65. The van der Waals surface area contributed by atoms with Crippen molar-refractivity contribution < 1.29 is 13.2 Å². The molecule has 116 valence electrons. The molecule has 1 aromatic heterocycles. The minimum atomic E-state index is -3.35. The summed E-state index contributed by atoms with van der Waals surface area (Å²) in [6.07, 6.45) is 3.32. The van der Waals surface area contributed by atoms with Gasteiger partial charge in [0.2, 0.25) is 5.91 Å². The summed E-state index contributed by atoms with van der Waals surface area (Å²) in [5.74, 6) is -0.0528. The molecule has 2 rings (SSSR count). The summed E-state index contributed by atoms with van der Waals surface area (Å²) in [6, 6.07) is 11.9. The third kappa shape index (κ3) is 5.16. The molecule has 1 heterocycles. The lowest BCUT2D eigenvalue weighted by atomic mass is 10.4. The van der Waals surface area contributed by atoms with E-state index in [0.29, 0.717) is 0 Å². The van der Waals surface area contributed by atoms with E-state index in [9.17, 15) is 13.2 Å². The van der Waals surface area contributed by atoms with Gasteiger partial charge in [-0.1, -0.05) is 18.2 Å². The second kappa shape index (κ2) is 7.95. The molecule has 22 heavy (non-hydrogen) atoms. The molecule has 0 aliphatic carbocycles. The number of nitrogens with zero attached hydrogens (tertiary/aromatic N) is 1. The van der Waals surface area contributed by atoms with Crippen molar-refractivity contribution in [2.45, 2.75) is 9.79 Å². The van der Waals surface area contributed by atoms with Gasteiger partial charge in [-0.05, 0) is 24.3 Å². The monoisotopic (exact) mass is 336 g/mol. The average molecular weight is 336 g/mol. The van der Waals surface area contributed by atoms with Crippen LogP contribution in [0.2, 0.25) is 0 Å². The first kappa shape index (κ1) is 16.5. The Kier molecular flexibility index (Phi) is 5.97. The summed E-state index contributed by atoms with van der Waals surface area (Å²) in [5.41, 5.74) is 0. The van der Waals surface area contributed by atoms with Crippen LogP contribution in [0.25, 0.3) is 0 Å². The van der Waals surface area contributed by atoms with Crippen LogP contribution in [0.1, 0.15) is 0 Å². The molecule has 0 saturated carbocycles. The fraction of sp³-hybridized carbons (Fsp3) is 0.200. The Labute approximate surface area is 134 Å². The Morgan fingerprint density at radius 2 is 1.77 bits per heavy atom. The number of aromatic nitrogens is 1. The van der Waals surface area contributed by atoms with Crippen LogP contribution in [0, 0.1) is 0 Å². The summed E-state index contributed by atoms with van der Waals surface area (Å²) < 4.78 is 24.1. The van der Waals surface area contributed by atoms with E-state index in [1.807, 2.05) is 12.1 Å². The Balaban J connectivity index is 1.75. The first-order valence-corrected chi connectivity index (χ1v) is 9.29. The second-order valence-electron chi connectivity index (χ2n) is 4.45. The summed E-state index contributed by atoms with van der Waals surface area (Å²) in [5, 5.41) is 2.62. The lowest BCUT2D eigenvalue weighted by molar-refractivity contribution is -0.118. The third-order valence-corrected chi connectivity index (χ3v) is 5.56. The van der Waals surface area contributed by atoms with Gasteiger partial charge in [0.15, 0.2) is 9.84 Å². The maximum atomic E-state index is 12.0. The van der Waals surface area contributed by atoms with Crippen LogP contribution < -0.4 is 5.32 Å². The van der Waals surface area contributed by atoms with Gasteiger partial charge in [-0.25, -0.2) is 8.42 Å². The van der Waals surface area contributed by atoms with Crippen LogP contribution in [0.4, 0.5) is 0 Å². The van der Waals surface area contributed by atoms with E-state index in [1.165, 1.54) is 11.8 Å². The molecular weight excluding hydrogens is 320 g/mol. The maximum absolute atomic E-state index is 12.0. The van der Waals surface area contributed by atoms with Gasteiger partial charge in [-0.15, -0.1) is 11.8 Å². The van der Waals surface area contributed by atoms with E-state index < -0.39 is 9.84 Å². The lowest BCUT2D eigenvalue weighted by Gasteiger charge is -2.06. The van der Waals surface area contributed by atoms with Crippen molar-refractivity contribution in [1.82, 2.24) is 10.3 Å². The van der Waals surface area contributed by atoms with Crippen molar-refractivity contribution in [2.75, 3.05) is 18.1 Å². The SMILES string of the molecule is O=C(CSc1ccncc1)NCCS(=O)(=O)c1ccccc1. The maximum Gasteiger partial charge on any atom is 0.230 e. The van der Waals surface area contributed by atoms with Gasteiger partial charge in [0.25, 0.3) is 0 Å². The van der Waals surface area contributed by atoms with Crippen LogP contribution in [-0.2, 0) is 14.6 Å². The summed E-state index contributed by atoms with van der Waals surface area (Å²) in [4.78, 5) is 16.8. The summed E-state index contributed by atoms with van der Waals surface area (Å²) in [7, 11) is -3.35. The number of pyridine rings is 1. The van der Waals surface area contributed by atoms with Gasteiger partial charge < -0.3 is 5.32 Å². The van der Waals surface area contributed by atoms with Gasteiger partial charge >= 0.3 is 0 Å². The molecule has 0 unspecified atom stereocenters. The van der Waals surface area contributed by atoms with Crippen LogP contribution >= 0.6 is 11.8 Å². The molecule has 2 aromatic rings. The van der Waals surface area contributed by atoms with Crippen LogP contribution in [-0.4, -0.2) is 37.4 Å². The van der Waals surface area contributed by atoms with Gasteiger partial charge in [0.1, 0.15) is 0 Å². The Morgan fingerprint density at radius 3 is 2.45 bits per heavy atom. The third-order valence-electron chi connectivity index (χ3n) is 2.81. The predicted molar refractivity (Wildman–Crippen MR) is 86.5 cm³/mol. The number of hydrogen-bond acceptors (Lipinski definition) is 5. The van der Waals surface area contributed by atoms with Crippen molar-refractivity contribution in [2.24, 2.45) is 0 Å².